The Morgan fingerprint density at radius 2 is 1.78 bits per heavy atom. The number of nitrogen functional groups attached to an aromatic ring is 1. The van der Waals surface area contributed by atoms with E-state index < -0.39 is 9.84 Å². The third-order valence-corrected chi connectivity index (χ3v) is 4.33. The van der Waals surface area contributed by atoms with Crippen molar-refractivity contribution in [2.45, 2.75) is 31.6 Å². The van der Waals surface area contributed by atoms with Gasteiger partial charge in [0.1, 0.15) is 5.88 Å². The van der Waals surface area contributed by atoms with Crippen LogP contribution in [-0.2, 0) is 9.84 Å². The van der Waals surface area contributed by atoms with Crippen molar-refractivity contribution in [3.63, 3.8) is 0 Å². The monoisotopic (exact) mass is 270 g/mol. The summed E-state index contributed by atoms with van der Waals surface area (Å²) in [6.45, 7) is 5.70. The van der Waals surface area contributed by atoms with E-state index in [0.29, 0.717) is 10.6 Å². The molecule has 0 unspecified atom stereocenters. The Balaban J connectivity index is 2.86. The number of nitrogens with two attached hydrogens (primary N) is 1. The zero-order chi connectivity index (χ0) is 13.6. The number of hydrogen-bond acceptors (Lipinski definition) is 4. The summed E-state index contributed by atoms with van der Waals surface area (Å²) < 4.78 is 24.5. The maximum atomic E-state index is 12.2. The van der Waals surface area contributed by atoms with Crippen molar-refractivity contribution < 1.29 is 8.42 Å². The Hall–Kier alpha value is -1.07. The van der Waals surface area contributed by atoms with Crippen LogP contribution < -0.4 is 5.73 Å². The third-order valence-electron chi connectivity index (χ3n) is 2.65. The molecule has 0 saturated carbocycles. The molecular formula is C13H22N2O2S. The van der Waals surface area contributed by atoms with Gasteiger partial charge < -0.3 is 5.73 Å². The largest absolute Gasteiger partial charge is 0.399 e. The first kappa shape index (κ1) is 15.0. The molecule has 18 heavy (non-hydrogen) atoms. The summed E-state index contributed by atoms with van der Waals surface area (Å²) in [6, 6.07) is 6.48. The zero-order valence-corrected chi connectivity index (χ0v) is 11.9. The lowest BCUT2D eigenvalue weighted by Crippen LogP contribution is -2.31. The average Bonchev–Trinajstić information content (AvgIpc) is 2.29. The van der Waals surface area contributed by atoms with Crippen LogP contribution in [0.25, 0.3) is 0 Å². The van der Waals surface area contributed by atoms with Crippen LogP contribution >= 0.6 is 0 Å². The lowest BCUT2D eigenvalue weighted by Gasteiger charge is -2.20. The molecule has 2 N–H and O–H groups in total. The Morgan fingerprint density at radius 1 is 1.17 bits per heavy atom. The Labute approximate surface area is 110 Å². The molecule has 0 aliphatic rings. The van der Waals surface area contributed by atoms with Crippen LogP contribution in [0.15, 0.2) is 29.2 Å². The van der Waals surface area contributed by atoms with Crippen LogP contribution in [0.3, 0.4) is 0 Å². The van der Waals surface area contributed by atoms with E-state index in [1.54, 1.807) is 18.2 Å². The molecule has 0 spiro atoms. The van der Waals surface area contributed by atoms with Gasteiger partial charge in [-0.25, -0.2) is 8.42 Å². The third kappa shape index (κ3) is 4.31. The molecule has 0 atom stereocenters. The average molecular weight is 270 g/mol. The van der Waals surface area contributed by atoms with E-state index in [2.05, 4.69) is 13.8 Å². The second-order valence-electron chi connectivity index (χ2n) is 4.43. The van der Waals surface area contributed by atoms with Gasteiger partial charge in [0.2, 0.25) is 0 Å². The quantitative estimate of drug-likeness (QED) is 0.771. The maximum Gasteiger partial charge on any atom is 0.191 e. The molecule has 0 radical (unpaired) electrons. The molecule has 0 heterocycles. The maximum absolute atomic E-state index is 12.2. The first-order chi connectivity index (χ1) is 8.49. The molecule has 5 heteroatoms. The minimum atomic E-state index is -3.28. The first-order valence-electron chi connectivity index (χ1n) is 6.30. The number of benzene rings is 1. The molecular weight excluding hydrogens is 248 g/mol. The van der Waals surface area contributed by atoms with Crippen LogP contribution in [-0.4, -0.2) is 32.3 Å². The summed E-state index contributed by atoms with van der Waals surface area (Å²) in [5.74, 6) is 0.0676. The lowest BCUT2D eigenvalue weighted by molar-refractivity contribution is 0.314. The van der Waals surface area contributed by atoms with Crippen LogP contribution in [0.1, 0.15) is 26.7 Å². The molecule has 0 aliphatic heterocycles. The second kappa shape index (κ2) is 6.75. The summed E-state index contributed by atoms with van der Waals surface area (Å²) in [7, 11) is -3.28. The van der Waals surface area contributed by atoms with E-state index in [0.717, 1.165) is 25.9 Å². The molecule has 0 saturated heterocycles. The van der Waals surface area contributed by atoms with Crippen molar-refractivity contribution in [1.82, 2.24) is 4.90 Å². The fourth-order valence-corrected chi connectivity index (χ4v) is 3.39. The summed E-state index contributed by atoms with van der Waals surface area (Å²) in [4.78, 5) is 2.28. The second-order valence-corrected chi connectivity index (χ2v) is 6.39. The number of sulfone groups is 1. The number of rotatable bonds is 7. The van der Waals surface area contributed by atoms with Crippen LogP contribution in [0.4, 0.5) is 5.69 Å². The molecule has 1 aromatic rings. The highest BCUT2D eigenvalue weighted by Crippen LogP contribution is 2.15. The minimum absolute atomic E-state index is 0.0676. The van der Waals surface area contributed by atoms with Gasteiger partial charge >= 0.3 is 0 Å². The predicted octanol–water partition coefficient (Wildman–Crippen LogP) is 2.12. The van der Waals surface area contributed by atoms with Gasteiger partial charge in [-0.3, -0.25) is 4.90 Å². The highest BCUT2D eigenvalue weighted by molar-refractivity contribution is 7.91. The van der Waals surface area contributed by atoms with Crippen LogP contribution in [0, 0.1) is 0 Å². The van der Waals surface area contributed by atoms with Crippen LogP contribution in [0.2, 0.25) is 0 Å². The summed E-state index contributed by atoms with van der Waals surface area (Å²) in [6.07, 6.45) is 1.90. The minimum Gasteiger partial charge on any atom is -0.399 e. The molecule has 0 aromatic heterocycles. The lowest BCUT2D eigenvalue weighted by atomic mass is 10.3. The van der Waals surface area contributed by atoms with Gasteiger partial charge in [-0.05, 0) is 44.1 Å². The molecule has 102 valence electrons. The highest BCUT2D eigenvalue weighted by atomic mass is 32.2. The Morgan fingerprint density at radius 3 is 2.28 bits per heavy atom. The molecule has 0 bridgehead atoms. The first-order valence-corrected chi connectivity index (χ1v) is 7.95. The molecule has 0 aliphatic carbocycles. The molecule has 0 amide bonds. The van der Waals surface area contributed by atoms with Gasteiger partial charge in [0, 0.05) is 5.69 Å². The van der Waals surface area contributed by atoms with Crippen molar-refractivity contribution >= 4 is 15.5 Å². The number of nitrogens with zero attached hydrogens (tertiary/aromatic N) is 1. The van der Waals surface area contributed by atoms with E-state index in [-0.39, 0.29) is 5.88 Å². The van der Waals surface area contributed by atoms with E-state index in [9.17, 15) is 8.42 Å². The topological polar surface area (TPSA) is 63.4 Å². The summed E-state index contributed by atoms with van der Waals surface area (Å²) in [5, 5.41) is 0. The number of anilines is 1. The smallest absolute Gasteiger partial charge is 0.191 e. The van der Waals surface area contributed by atoms with E-state index in [1.165, 1.54) is 6.07 Å². The predicted molar refractivity (Wildman–Crippen MR) is 75.1 cm³/mol. The Bertz CT molecular complexity index is 466. The Kier molecular flexibility index (Phi) is 5.62. The summed E-state index contributed by atoms with van der Waals surface area (Å²) in [5.41, 5.74) is 6.11. The zero-order valence-electron chi connectivity index (χ0n) is 11.1. The SMILES string of the molecule is CCCN(CCC)CS(=O)(=O)c1cccc(N)c1. The normalized spacial score (nSPS) is 11.9. The molecule has 1 aromatic carbocycles. The molecule has 0 fully saturated rings. The standard InChI is InChI=1S/C13H22N2O2S/c1-3-8-15(9-4-2)11-18(16,17)13-7-5-6-12(14)10-13/h5-7,10H,3-4,8-9,11,14H2,1-2H3. The van der Waals surface area contributed by atoms with Gasteiger partial charge in [0.15, 0.2) is 9.84 Å². The molecule has 4 nitrogen and oxygen atoms in total. The van der Waals surface area contributed by atoms with Gasteiger partial charge in [-0.1, -0.05) is 19.9 Å². The van der Waals surface area contributed by atoms with Crippen molar-refractivity contribution in [3.05, 3.63) is 24.3 Å². The van der Waals surface area contributed by atoms with E-state index >= 15 is 0 Å². The highest BCUT2D eigenvalue weighted by Gasteiger charge is 2.18. The van der Waals surface area contributed by atoms with Gasteiger partial charge in [-0.2, -0.15) is 0 Å². The summed E-state index contributed by atoms with van der Waals surface area (Å²) >= 11 is 0. The van der Waals surface area contributed by atoms with E-state index in [4.69, 9.17) is 5.73 Å². The van der Waals surface area contributed by atoms with Gasteiger partial charge in [0.25, 0.3) is 0 Å². The van der Waals surface area contributed by atoms with Crippen LogP contribution in [0.5, 0.6) is 0 Å². The number of hydrogen-bond donors (Lipinski definition) is 1. The van der Waals surface area contributed by atoms with Crippen molar-refractivity contribution in [1.29, 1.82) is 0 Å². The van der Waals surface area contributed by atoms with Crippen molar-refractivity contribution in [2.24, 2.45) is 0 Å². The van der Waals surface area contributed by atoms with Gasteiger partial charge in [0.05, 0.1) is 4.90 Å². The fourth-order valence-electron chi connectivity index (χ4n) is 1.90. The van der Waals surface area contributed by atoms with Gasteiger partial charge in [-0.15, -0.1) is 0 Å². The van der Waals surface area contributed by atoms with Crippen molar-refractivity contribution in [3.8, 4) is 0 Å². The molecule has 1 rings (SSSR count). The van der Waals surface area contributed by atoms with E-state index in [1.807, 2.05) is 4.90 Å². The fraction of sp³-hybridized carbons (Fsp3) is 0.538. The van der Waals surface area contributed by atoms with Crippen molar-refractivity contribution in [2.75, 3.05) is 24.7 Å².